The van der Waals surface area contributed by atoms with E-state index in [1.54, 1.807) is 63.2 Å². The molecular weight excluding hydrogens is 732 g/mol. The van der Waals surface area contributed by atoms with Crippen molar-refractivity contribution in [2.75, 3.05) is 21.8 Å². The highest BCUT2D eigenvalue weighted by Gasteiger charge is 2.16. The number of hydrogen-bond acceptors (Lipinski definition) is 14. The number of halogens is 1. The molecule has 0 saturated heterocycles. The second-order valence-electron chi connectivity index (χ2n) is 11.7. The summed E-state index contributed by atoms with van der Waals surface area (Å²) in [4.78, 5) is 12.8. The van der Waals surface area contributed by atoms with Crippen molar-refractivity contribution in [3.63, 3.8) is 0 Å². The van der Waals surface area contributed by atoms with Crippen LogP contribution in [-0.4, -0.2) is 46.8 Å². The number of nitrogens with one attached hydrogen (secondary N) is 3. The maximum Gasteiger partial charge on any atom is 0.294 e. The van der Waals surface area contributed by atoms with Crippen LogP contribution in [0.1, 0.15) is 27.8 Å². The molecule has 52 heavy (non-hydrogen) atoms. The Labute approximate surface area is 305 Å². The molecule has 0 unspecified atom stereocenters. The van der Waals surface area contributed by atoms with Crippen LogP contribution in [0.2, 0.25) is 5.02 Å². The summed E-state index contributed by atoms with van der Waals surface area (Å²) in [6.45, 7) is 8.88. The van der Waals surface area contributed by atoms with Crippen LogP contribution in [0, 0.1) is 34.6 Å². The Hall–Kier alpha value is -5.40. The van der Waals surface area contributed by atoms with Gasteiger partial charge in [-0.05, 0) is 123 Å². The molecule has 0 saturated carbocycles. The van der Waals surface area contributed by atoms with Crippen molar-refractivity contribution in [2.24, 2.45) is 20.5 Å². The number of rotatable bonds is 12. The molecule has 0 spiro atoms. The zero-order valence-corrected chi connectivity index (χ0v) is 30.8. The lowest BCUT2D eigenvalue weighted by Gasteiger charge is -2.15. The molecule has 0 amide bonds. The van der Waals surface area contributed by atoms with Crippen LogP contribution in [0.3, 0.4) is 0 Å². The normalized spacial score (nSPS) is 12.1. The summed E-state index contributed by atoms with van der Waals surface area (Å²) >= 11 is 5.96. The van der Waals surface area contributed by atoms with Gasteiger partial charge in [-0.3, -0.25) is 9.11 Å². The highest BCUT2D eigenvalue weighted by Crippen LogP contribution is 2.32. The Morgan fingerprint density at radius 1 is 0.596 bits per heavy atom. The molecule has 4 aromatic carbocycles. The van der Waals surface area contributed by atoms with Crippen molar-refractivity contribution >= 4 is 83.8 Å². The van der Waals surface area contributed by atoms with Crippen LogP contribution in [0.15, 0.2) is 92.1 Å². The van der Waals surface area contributed by atoms with E-state index in [1.165, 1.54) is 12.1 Å². The van der Waals surface area contributed by atoms with Crippen molar-refractivity contribution in [1.82, 2.24) is 15.0 Å². The molecule has 0 bridgehead atoms. The minimum absolute atomic E-state index is 0.0485. The summed E-state index contributed by atoms with van der Waals surface area (Å²) in [5.74, 6) is -0.864. The lowest BCUT2D eigenvalue weighted by molar-refractivity contribution is 0.481. The molecule has 5 N–H and O–H groups in total. The molecule has 270 valence electrons. The van der Waals surface area contributed by atoms with Crippen molar-refractivity contribution < 1.29 is 25.9 Å². The molecule has 5 aromatic rings. The number of hydrogen-bond donors (Lipinski definition) is 5. The molecule has 0 aliphatic carbocycles. The predicted octanol–water partition coefficient (Wildman–Crippen LogP) is 8.89. The number of aromatic nitrogens is 3. The van der Waals surface area contributed by atoms with E-state index in [9.17, 15) is 25.9 Å². The van der Waals surface area contributed by atoms with Crippen LogP contribution in [0.5, 0.6) is 0 Å². The maximum atomic E-state index is 11.7. The Kier molecular flexibility index (Phi) is 11.3. The first-order chi connectivity index (χ1) is 24.4. The summed E-state index contributed by atoms with van der Waals surface area (Å²) in [7, 11) is -8.84. The predicted molar refractivity (Wildman–Crippen MR) is 199 cm³/mol. The second-order valence-corrected chi connectivity index (χ2v) is 14.9. The fourth-order valence-corrected chi connectivity index (χ4v) is 5.89. The molecule has 0 aliphatic rings. The van der Waals surface area contributed by atoms with Gasteiger partial charge in [-0.25, -0.2) is 0 Å². The third kappa shape index (κ3) is 10.1. The first kappa shape index (κ1) is 37.8. The van der Waals surface area contributed by atoms with Crippen LogP contribution < -0.4 is 16.0 Å². The monoisotopic (exact) mass is 764 g/mol. The van der Waals surface area contributed by atoms with Gasteiger partial charge in [0.05, 0.1) is 27.6 Å². The van der Waals surface area contributed by atoms with E-state index in [2.05, 4.69) is 51.4 Å². The lowest BCUT2D eigenvalue weighted by atomic mass is 10.1. The van der Waals surface area contributed by atoms with Gasteiger partial charge in [-0.1, -0.05) is 17.7 Å². The fourth-order valence-electron chi connectivity index (χ4n) is 4.71. The summed E-state index contributed by atoms with van der Waals surface area (Å²) in [5.41, 5.74) is 6.58. The zero-order chi connectivity index (χ0) is 37.8. The SMILES string of the molecule is Cc1cc(Nc2nc(NCS(=O)(=O)O)nc(Nc3cc(C)c(N=Nc4ccc(C)c(S(=O)(=O)O)c4)cc3C)n2)c(C)cc1N=Nc1ccc(Cl)cc1. The second kappa shape index (κ2) is 15.5. The number of anilines is 5. The Balaban J connectivity index is 1.41. The molecular formula is C33H33ClN10O6S2. The molecule has 1 heterocycles. The van der Waals surface area contributed by atoms with Gasteiger partial charge < -0.3 is 16.0 Å². The minimum Gasteiger partial charge on any atom is -0.338 e. The number of aryl methyl sites for hydroxylation is 5. The number of benzene rings is 4. The quantitative estimate of drug-likeness (QED) is 0.0592. The topological polar surface area (TPSA) is 233 Å². The van der Waals surface area contributed by atoms with Gasteiger partial charge in [0, 0.05) is 16.4 Å². The molecule has 0 atom stereocenters. The number of nitrogens with zero attached hydrogens (tertiary/aromatic N) is 7. The third-order valence-corrected chi connectivity index (χ3v) is 9.21. The molecule has 5 rings (SSSR count). The van der Waals surface area contributed by atoms with E-state index in [4.69, 9.17) is 11.6 Å². The largest absolute Gasteiger partial charge is 0.338 e. The molecule has 0 fully saturated rings. The zero-order valence-electron chi connectivity index (χ0n) is 28.4. The average molecular weight is 765 g/mol. The summed E-state index contributed by atoms with van der Waals surface area (Å²) in [6, 6.07) is 18.5. The van der Waals surface area contributed by atoms with Gasteiger partial charge in [-0.2, -0.15) is 52.2 Å². The molecule has 19 heteroatoms. The standard InChI is InChI=1S/C33H33ClN10O6S2/c1-18-6-9-25(16-30(18)52(48,49)50)42-44-29-15-20(3)27(13-22(29)5)37-33-39-31(35-17-51(45,46)47)38-32(40-33)36-26-12-21(4)28(14-19(26)2)43-41-24-10-7-23(34)8-11-24/h6-16H,17H2,1-5H3,(H,45,46,47)(H,48,49,50)(H3,35,36,37,38,39,40). The van der Waals surface area contributed by atoms with Gasteiger partial charge in [0.25, 0.3) is 20.2 Å². The molecule has 1 aromatic heterocycles. The Morgan fingerprint density at radius 2 is 1.08 bits per heavy atom. The maximum absolute atomic E-state index is 11.7. The van der Waals surface area contributed by atoms with Crippen molar-refractivity contribution in [3.8, 4) is 0 Å². The van der Waals surface area contributed by atoms with Crippen molar-refractivity contribution in [3.05, 3.63) is 99.6 Å². The van der Waals surface area contributed by atoms with Gasteiger partial charge in [-0.15, -0.1) is 0 Å². The minimum atomic E-state index is -4.43. The van der Waals surface area contributed by atoms with Crippen LogP contribution in [-0.2, 0) is 20.2 Å². The van der Waals surface area contributed by atoms with Crippen LogP contribution in [0.25, 0.3) is 0 Å². The van der Waals surface area contributed by atoms with Gasteiger partial charge in [0.1, 0.15) is 5.88 Å². The van der Waals surface area contributed by atoms with Crippen molar-refractivity contribution in [1.29, 1.82) is 0 Å². The first-order valence-electron chi connectivity index (χ1n) is 15.3. The average Bonchev–Trinajstić information content (AvgIpc) is 3.06. The smallest absolute Gasteiger partial charge is 0.294 e. The van der Waals surface area contributed by atoms with Gasteiger partial charge >= 0.3 is 0 Å². The summed E-state index contributed by atoms with van der Waals surface area (Å²) in [6.07, 6.45) is 0. The fraction of sp³-hybridized carbons (Fsp3) is 0.182. The molecule has 0 aliphatic heterocycles. The van der Waals surface area contributed by atoms with E-state index < -0.39 is 26.1 Å². The Morgan fingerprint density at radius 3 is 1.58 bits per heavy atom. The van der Waals surface area contributed by atoms with E-state index in [0.29, 0.717) is 50.1 Å². The molecule has 0 radical (unpaired) electrons. The molecule has 16 nitrogen and oxygen atoms in total. The van der Waals surface area contributed by atoms with Crippen LogP contribution in [0.4, 0.5) is 52.0 Å². The van der Waals surface area contributed by atoms with Gasteiger partial charge in [0.2, 0.25) is 17.8 Å². The van der Waals surface area contributed by atoms with E-state index in [-0.39, 0.29) is 28.4 Å². The highest BCUT2D eigenvalue weighted by atomic mass is 35.5. The van der Waals surface area contributed by atoms with E-state index in [0.717, 1.165) is 11.1 Å². The van der Waals surface area contributed by atoms with Crippen molar-refractivity contribution in [2.45, 2.75) is 39.5 Å². The number of azo groups is 2. The van der Waals surface area contributed by atoms with E-state index in [1.807, 2.05) is 26.0 Å². The lowest BCUT2D eigenvalue weighted by Crippen LogP contribution is -2.16. The Bertz CT molecular complexity index is 2440. The van der Waals surface area contributed by atoms with Crippen LogP contribution >= 0.6 is 11.6 Å². The van der Waals surface area contributed by atoms with Gasteiger partial charge in [0.15, 0.2) is 0 Å². The summed E-state index contributed by atoms with van der Waals surface area (Å²) in [5, 5.41) is 26.4. The van der Waals surface area contributed by atoms with E-state index >= 15 is 0 Å². The third-order valence-electron chi connectivity index (χ3n) is 7.45. The highest BCUT2D eigenvalue weighted by molar-refractivity contribution is 7.86. The summed E-state index contributed by atoms with van der Waals surface area (Å²) < 4.78 is 65.2. The first-order valence-corrected chi connectivity index (χ1v) is 18.7.